The topological polar surface area (TPSA) is 50.3 Å². The van der Waals surface area contributed by atoms with Crippen LogP contribution in [0.25, 0.3) is 0 Å². The van der Waals surface area contributed by atoms with Gasteiger partial charge < -0.3 is 0 Å². The molecule has 0 atom stereocenters. The third-order valence-electron chi connectivity index (χ3n) is 2.29. The van der Waals surface area contributed by atoms with Gasteiger partial charge >= 0.3 is 0 Å². The van der Waals surface area contributed by atoms with Crippen molar-refractivity contribution in [3.05, 3.63) is 30.1 Å². The zero-order valence-electron chi connectivity index (χ0n) is 9.76. The fourth-order valence-electron chi connectivity index (χ4n) is 1.48. The molecule has 0 aliphatic heterocycles. The van der Waals surface area contributed by atoms with Gasteiger partial charge in [-0.25, -0.2) is 12.7 Å². The number of sulfonamides is 1. The standard InChI is InChI=1S/C11H18N2O2S/c1-3-9-13(16(2,14)15)10-7-11-6-4-5-8-12-11/h4-6,8H,3,7,9-10H2,1-2H3. The first-order chi connectivity index (χ1) is 7.54. The summed E-state index contributed by atoms with van der Waals surface area (Å²) in [5.74, 6) is 0. The maximum Gasteiger partial charge on any atom is 0.211 e. The Kier molecular flexibility index (Phi) is 4.89. The third kappa shape index (κ3) is 4.28. The SMILES string of the molecule is CCCN(CCc1ccccn1)S(C)(=O)=O. The number of nitrogens with zero attached hydrogens (tertiary/aromatic N) is 2. The fraction of sp³-hybridized carbons (Fsp3) is 0.545. The van der Waals surface area contributed by atoms with Gasteiger partial charge in [0.05, 0.1) is 6.26 Å². The average molecular weight is 242 g/mol. The normalized spacial score (nSPS) is 11.9. The van der Waals surface area contributed by atoms with E-state index in [1.54, 1.807) is 6.20 Å². The van der Waals surface area contributed by atoms with Crippen LogP contribution in [-0.4, -0.2) is 37.1 Å². The zero-order chi connectivity index (χ0) is 12.0. The molecule has 0 fully saturated rings. The molecule has 0 radical (unpaired) electrons. The number of rotatable bonds is 6. The van der Waals surface area contributed by atoms with Gasteiger partial charge in [0.1, 0.15) is 0 Å². The van der Waals surface area contributed by atoms with Gasteiger partial charge in [0.2, 0.25) is 10.0 Å². The highest BCUT2D eigenvalue weighted by Gasteiger charge is 2.14. The van der Waals surface area contributed by atoms with Crippen LogP contribution in [0.4, 0.5) is 0 Å². The van der Waals surface area contributed by atoms with Gasteiger partial charge in [-0.2, -0.15) is 0 Å². The molecule has 16 heavy (non-hydrogen) atoms. The first kappa shape index (κ1) is 13.1. The molecule has 4 nitrogen and oxygen atoms in total. The second-order valence-electron chi connectivity index (χ2n) is 3.73. The summed E-state index contributed by atoms with van der Waals surface area (Å²) in [6, 6.07) is 5.67. The summed E-state index contributed by atoms with van der Waals surface area (Å²) in [5.41, 5.74) is 0.923. The van der Waals surface area contributed by atoms with Gasteiger partial charge in [0.15, 0.2) is 0 Å². The molecule has 0 unspecified atom stereocenters. The Labute approximate surface area is 97.4 Å². The zero-order valence-corrected chi connectivity index (χ0v) is 10.6. The lowest BCUT2D eigenvalue weighted by molar-refractivity contribution is 0.416. The molecule has 1 aromatic rings. The van der Waals surface area contributed by atoms with Gasteiger partial charge in [-0.05, 0) is 18.6 Å². The second-order valence-corrected chi connectivity index (χ2v) is 5.72. The Morgan fingerprint density at radius 3 is 2.56 bits per heavy atom. The van der Waals surface area contributed by atoms with E-state index in [1.165, 1.54) is 10.6 Å². The van der Waals surface area contributed by atoms with Crippen molar-refractivity contribution in [2.24, 2.45) is 0 Å². The molecule has 0 aliphatic carbocycles. The van der Waals surface area contributed by atoms with Gasteiger partial charge in [-0.3, -0.25) is 4.98 Å². The summed E-state index contributed by atoms with van der Waals surface area (Å²) in [6.07, 6.45) is 4.46. The Morgan fingerprint density at radius 2 is 2.06 bits per heavy atom. The van der Waals surface area contributed by atoms with Crippen LogP contribution in [0.5, 0.6) is 0 Å². The van der Waals surface area contributed by atoms with Crippen molar-refractivity contribution in [3.8, 4) is 0 Å². The molecule has 0 N–H and O–H groups in total. The molecule has 0 bridgehead atoms. The molecule has 5 heteroatoms. The van der Waals surface area contributed by atoms with Crippen molar-refractivity contribution in [2.75, 3.05) is 19.3 Å². The summed E-state index contributed by atoms with van der Waals surface area (Å²) in [6.45, 7) is 3.05. The molecule has 90 valence electrons. The van der Waals surface area contributed by atoms with Crippen LogP contribution in [0.15, 0.2) is 24.4 Å². The molecule has 0 saturated heterocycles. The molecule has 0 saturated carbocycles. The van der Waals surface area contributed by atoms with Crippen LogP contribution in [0.1, 0.15) is 19.0 Å². The van der Waals surface area contributed by atoms with E-state index in [-0.39, 0.29) is 0 Å². The van der Waals surface area contributed by atoms with E-state index >= 15 is 0 Å². The van der Waals surface area contributed by atoms with Gasteiger partial charge in [-0.1, -0.05) is 13.0 Å². The largest absolute Gasteiger partial charge is 0.261 e. The van der Waals surface area contributed by atoms with Crippen molar-refractivity contribution in [1.29, 1.82) is 0 Å². The number of hydrogen-bond acceptors (Lipinski definition) is 3. The maximum atomic E-state index is 11.4. The smallest absolute Gasteiger partial charge is 0.211 e. The summed E-state index contributed by atoms with van der Waals surface area (Å²) in [5, 5.41) is 0. The van der Waals surface area contributed by atoms with Gasteiger partial charge in [-0.15, -0.1) is 0 Å². The highest BCUT2D eigenvalue weighted by atomic mass is 32.2. The van der Waals surface area contributed by atoms with Gasteiger partial charge in [0, 0.05) is 31.4 Å². The third-order valence-corrected chi connectivity index (χ3v) is 3.59. The summed E-state index contributed by atoms with van der Waals surface area (Å²) in [4.78, 5) is 4.17. The Morgan fingerprint density at radius 1 is 1.31 bits per heavy atom. The fourth-order valence-corrected chi connectivity index (χ4v) is 2.42. The Balaban J connectivity index is 2.58. The van der Waals surface area contributed by atoms with E-state index in [1.807, 2.05) is 25.1 Å². The van der Waals surface area contributed by atoms with Crippen LogP contribution in [-0.2, 0) is 16.4 Å². The monoisotopic (exact) mass is 242 g/mol. The molecular weight excluding hydrogens is 224 g/mol. The Bertz CT molecular complexity index is 403. The highest BCUT2D eigenvalue weighted by Crippen LogP contribution is 2.03. The quantitative estimate of drug-likeness (QED) is 0.755. The minimum Gasteiger partial charge on any atom is -0.261 e. The van der Waals surface area contributed by atoms with E-state index in [0.29, 0.717) is 19.5 Å². The van der Waals surface area contributed by atoms with E-state index in [4.69, 9.17) is 0 Å². The van der Waals surface area contributed by atoms with E-state index < -0.39 is 10.0 Å². The predicted octanol–water partition coefficient (Wildman–Crippen LogP) is 1.30. The average Bonchev–Trinajstić information content (AvgIpc) is 2.24. The number of pyridine rings is 1. The van der Waals surface area contributed by atoms with E-state index in [2.05, 4.69) is 4.98 Å². The number of aromatic nitrogens is 1. The molecule has 0 spiro atoms. The molecule has 0 aromatic carbocycles. The summed E-state index contributed by atoms with van der Waals surface area (Å²) in [7, 11) is -3.09. The van der Waals surface area contributed by atoms with Crippen molar-refractivity contribution >= 4 is 10.0 Å². The molecule has 1 heterocycles. The Hall–Kier alpha value is -0.940. The number of hydrogen-bond donors (Lipinski definition) is 0. The van der Waals surface area contributed by atoms with Crippen molar-refractivity contribution < 1.29 is 8.42 Å². The molecule has 1 aromatic heterocycles. The van der Waals surface area contributed by atoms with Crippen LogP contribution in [0.2, 0.25) is 0 Å². The van der Waals surface area contributed by atoms with Crippen molar-refractivity contribution in [2.45, 2.75) is 19.8 Å². The van der Waals surface area contributed by atoms with E-state index in [0.717, 1.165) is 12.1 Å². The second kappa shape index (κ2) is 5.96. The summed E-state index contributed by atoms with van der Waals surface area (Å²) < 4.78 is 24.4. The van der Waals surface area contributed by atoms with Crippen LogP contribution in [0.3, 0.4) is 0 Å². The highest BCUT2D eigenvalue weighted by molar-refractivity contribution is 7.88. The maximum absolute atomic E-state index is 11.4. The van der Waals surface area contributed by atoms with Crippen LogP contribution < -0.4 is 0 Å². The van der Waals surface area contributed by atoms with Crippen molar-refractivity contribution in [1.82, 2.24) is 9.29 Å². The summed E-state index contributed by atoms with van der Waals surface area (Å²) >= 11 is 0. The molecular formula is C11H18N2O2S. The first-order valence-electron chi connectivity index (χ1n) is 5.39. The lowest BCUT2D eigenvalue weighted by Crippen LogP contribution is -2.32. The lowest BCUT2D eigenvalue weighted by Gasteiger charge is -2.18. The first-order valence-corrected chi connectivity index (χ1v) is 7.24. The van der Waals surface area contributed by atoms with Crippen LogP contribution in [0, 0.1) is 0 Å². The predicted molar refractivity (Wildman–Crippen MR) is 64.6 cm³/mol. The molecule has 0 amide bonds. The molecule has 0 aliphatic rings. The lowest BCUT2D eigenvalue weighted by atomic mass is 10.3. The van der Waals surface area contributed by atoms with Gasteiger partial charge in [0.25, 0.3) is 0 Å². The van der Waals surface area contributed by atoms with E-state index in [9.17, 15) is 8.42 Å². The minimum atomic E-state index is -3.09. The minimum absolute atomic E-state index is 0.504. The van der Waals surface area contributed by atoms with Crippen LogP contribution >= 0.6 is 0 Å². The van der Waals surface area contributed by atoms with Crippen molar-refractivity contribution in [3.63, 3.8) is 0 Å². The molecule has 1 rings (SSSR count).